The number of Topliss-reactive ketones (excluding diaryl/α,β-unsaturated/α-hetero) is 1. The summed E-state index contributed by atoms with van der Waals surface area (Å²) >= 11 is 5.98. The van der Waals surface area contributed by atoms with E-state index in [0.717, 1.165) is 18.2 Å². The molecule has 0 saturated heterocycles. The second kappa shape index (κ2) is 7.14. The van der Waals surface area contributed by atoms with Crippen LogP contribution in [-0.2, 0) is 33.9 Å². The summed E-state index contributed by atoms with van der Waals surface area (Å²) in [5.41, 5.74) is 2.90. The number of halogens is 2. The highest BCUT2D eigenvalue weighted by atomic mass is 35.5. The highest BCUT2D eigenvalue weighted by Gasteiger charge is 2.51. The van der Waals surface area contributed by atoms with Crippen LogP contribution in [-0.4, -0.2) is 37.7 Å². The van der Waals surface area contributed by atoms with Crippen molar-refractivity contribution in [2.75, 3.05) is 0 Å². The average molecular weight is 427 g/mol. The van der Waals surface area contributed by atoms with E-state index in [2.05, 4.69) is 0 Å². The van der Waals surface area contributed by atoms with Gasteiger partial charge >= 0.3 is 10.1 Å². The third kappa shape index (κ3) is 3.53. The van der Waals surface area contributed by atoms with Gasteiger partial charge in [0.1, 0.15) is 13.7 Å². The molecule has 6 nitrogen and oxygen atoms in total. The molecule has 0 fully saturated rings. The molecule has 3 rings (SSSR count). The first-order valence-corrected chi connectivity index (χ1v) is 9.74. The third-order valence-electron chi connectivity index (χ3n) is 4.20. The molecule has 6 radical (unpaired) electrons. The van der Waals surface area contributed by atoms with Crippen molar-refractivity contribution in [3.63, 3.8) is 0 Å². The molecule has 0 aliphatic carbocycles. The van der Waals surface area contributed by atoms with Crippen LogP contribution in [0.2, 0.25) is 5.02 Å². The lowest BCUT2D eigenvalue weighted by Gasteiger charge is -2.27. The Labute approximate surface area is 175 Å². The fourth-order valence-corrected chi connectivity index (χ4v) is 3.80. The molecule has 1 aliphatic heterocycles. The van der Waals surface area contributed by atoms with Crippen molar-refractivity contribution in [2.45, 2.75) is 10.0 Å². The Bertz CT molecular complexity index is 1130. The molecular weight excluding hydrogens is 417 g/mol. The molecule has 0 spiro atoms. The van der Waals surface area contributed by atoms with E-state index in [1.165, 1.54) is 24.3 Å². The summed E-state index contributed by atoms with van der Waals surface area (Å²) in [6.45, 7) is 0. The Balaban J connectivity index is 1.97. The number of hydrogen-bond donors (Lipinski definition) is 1. The maximum Gasteiger partial charge on any atom is 0.302 e. The molecule has 2 aromatic rings. The Morgan fingerprint density at radius 2 is 1.79 bits per heavy atom. The van der Waals surface area contributed by atoms with E-state index in [1.54, 1.807) is 6.07 Å². The molecule has 29 heavy (non-hydrogen) atoms. The van der Waals surface area contributed by atoms with Crippen LogP contribution in [0.25, 0.3) is 0 Å². The van der Waals surface area contributed by atoms with Gasteiger partial charge in [0.2, 0.25) is 17.4 Å². The molecule has 1 heterocycles. The summed E-state index contributed by atoms with van der Waals surface area (Å²) < 4.78 is 46.4. The molecule has 1 atom stereocenters. The normalized spacial score (nSPS) is 19.9. The number of carbonyl (C=O) groups excluding carboxylic acids is 1. The Morgan fingerprint density at radius 1 is 1.17 bits per heavy atom. The minimum Gasteiger partial charge on any atom is -0.467 e. The zero-order valence-electron chi connectivity index (χ0n) is 14.6. The van der Waals surface area contributed by atoms with Gasteiger partial charge in [-0.1, -0.05) is 41.9 Å². The van der Waals surface area contributed by atoms with Crippen LogP contribution in [0, 0.1) is 5.82 Å². The molecule has 0 aromatic heterocycles. The van der Waals surface area contributed by atoms with Crippen LogP contribution >= 0.6 is 11.6 Å². The number of rotatable bonds is 5. The largest absolute Gasteiger partial charge is 0.467 e. The van der Waals surface area contributed by atoms with Crippen LogP contribution in [0.15, 0.2) is 60.2 Å². The fraction of sp³-hybridized carbons (Fsp3) is 0.118. The van der Waals surface area contributed by atoms with Gasteiger partial charge in [0.25, 0.3) is 0 Å². The highest BCUT2D eigenvalue weighted by Crippen LogP contribution is 2.40. The molecule has 1 aliphatic rings. The highest BCUT2D eigenvalue weighted by molar-refractivity contribution is 7.90. The van der Waals surface area contributed by atoms with Gasteiger partial charge in [-0.25, -0.2) is 4.39 Å². The fourth-order valence-electron chi connectivity index (χ4n) is 2.61. The zero-order valence-corrected chi connectivity index (χ0v) is 16.2. The summed E-state index contributed by atoms with van der Waals surface area (Å²) in [5.74, 6) is -3.69. The Morgan fingerprint density at radius 3 is 2.41 bits per heavy atom. The van der Waals surface area contributed by atoms with E-state index in [-0.39, 0.29) is 16.1 Å². The predicted molar refractivity (Wildman–Crippen MR) is 106 cm³/mol. The van der Waals surface area contributed by atoms with Gasteiger partial charge in [0.15, 0.2) is 5.50 Å². The molecule has 0 bridgehead atoms. The summed E-state index contributed by atoms with van der Waals surface area (Å²) in [5, 5.41) is -0.115. The second-order valence-electron chi connectivity index (χ2n) is 6.18. The lowest BCUT2D eigenvalue weighted by Crippen LogP contribution is -2.40. The van der Waals surface area contributed by atoms with Crippen molar-refractivity contribution in [3.8, 4) is 0 Å². The average Bonchev–Trinajstić information content (AvgIpc) is 2.88. The molecule has 0 amide bonds. The van der Waals surface area contributed by atoms with Crippen molar-refractivity contribution in [3.05, 3.63) is 82.1 Å². The summed E-state index contributed by atoms with van der Waals surface area (Å²) in [4.78, 5) is 12.8. The second-order valence-corrected chi connectivity index (χ2v) is 8.34. The van der Waals surface area contributed by atoms with Crippen LogP contribution in [0.5, 0.6) is 0 Å². The first-order valence-electron chi connectivity index (χ1n) is 7.95. The van der Waals surface area contributed by atoms with Gasteiger partial charge in [-0.05, 0) is 23.8 Å². The Hall–Kier alpha value is -2.39. The van der Waals surface area contributed by atoms with Gasteiger partial charge in [0.05, 0.1) is 20.2 Å². The van der Waals surface area contributed by atoms with Gasteiger partial charge in [-0.3, -0.25) is 4.79 Å². The number of ether oxygens (including phenoxy) is 1. The van der Waals surface area contributed by atoms with Crippen molar-refractivity contribution in [1.82, 2.24) is 0 Å². The van der Waals surface area contributed by atoms with Crippen molar-refractivity contribution in [1.29, 1.82) is 0 Å². The van der Waals surface area contributed by atoms with Gasteiger partial charge in [0, 0.05) is 10.6 Å². The minimum atomic E-state index is -4.86. The molecule has 2 aromatic carbocycles. The maximum absolute atomic E-state index is 13.6. The van der Waals surface area contributed by atoms with Crippen LogP contribution < -0.4 is 5.73 Å². The molecule has 0 saturated carbocycles. The van der Waals surface area contributed by atoms with E-state index in [9.17, 15) is 17.6 Å². The SMILES string of the molecule is [B]C([B])(c1ccccc1)S(=O)(=O)OC1=C(N)O[C@@]([B])(c2cc(F)ccc2Cl)C1=O. The van der Waals surface area contributed by atoms with E-state index in [4.69, 9.17) is 49.8 Å². The molecule has 12 heteroatoms. The minimum absolute atomic E-state index is 0.0160. The quantitative estimate of drug-likeness (QED) is 0.566. The Kier molecular flexibility index (Phi) is 5.25. The maximum atomic E-state index is 13.6. The third-order valence-corrected chi connectivity index (χ3v) is 5.98. The first-order chi connectivity index (χ1) is 13.4. The van der Waals surface area contributed by atoms with Gasteiger partial charge in [-0.15, -0.1) is 0 Å². The van der Waals surface area contributed by atoms with Crippen molar-refractivity contribution < 1.29 is 26.5 Å². The number of benzene rings is 2. The van der Waals surface area contributed by atoms with Crippen LogP contribution in [0.3, 0.4) is 0 Å². The smallest absolute Gasteiger partial charge is 0.302 e. The summed E-state index contributed by atoms with van der Waals surface area (Å²) in [6.07, 6.45) is 0. The van der Waals surface area contributed by atoms with Crippen LogP contribution in [0.4, 0.5) is 4.39 Å². The van der Waals surface area contributed by atoms with Crippen molar-refractivity contribution >= 4 is 51.0 Å². The van der Waals surface area contributed by atoms with E-state index in [1.807, 2.05) is 0 Å². The van der Waals surface area contributed by atoms with Gasteiger partial charge in [-0.2, -0.15) is 8.42 Å². The zero-order chi connectivity index (χ0) is 21.6. The molecule has 0 unspecified atom stereocenters. The van der Waals surface area contributed by atoms with Crippen LogP contribution in [0.1, 0.15) is 11.1 Å². The monoisotopic (exact) mass is 427 g/mol. The summed E-state index contributed by atoms with van der Waals surface area (Å²) in [7, 11) is 12.6. The number of hydrogen-bond acceptors (Lipinski definition) is 6. The van der Waals surface area contributed by atoms with Gasteiger partial charge < -0.3 is 14.7 Å². The van der Waals surface area contributed by atoms with E-state index < -0.39 is 43.4 Å². The van der Waals surface area contributed by atoms with E-state index >= 15 is 0 Å². The molecule has 142 valence electrons. The molecule has 2 N–H and O–H groups in total. The standard InChI is InChI=1S/C17H10B3ClFNO5S/c18-16(11-8-10(22)6-7-12(11)21)14(24)13(15(23)27-16)28-29(25,26)17(19,20)9-4-2-1-3-5-9/h1-8H,23H2/t16-/m0/s1. The molecular formula is C17H10B3ClFNO5S. The lowest BCUT2D eigenvalue weighted by molar-refractivity contribution is -0.126. The topological polar surface area (TPSA) is 95.7 Å². The first kappa shape index (κ1) is 21.3. The van der Waals surface area contributed by atoms with Crippen molar-refractivity contribution in [2.24, 2.45) is 5.73 Å². The van der Waals surface area contributed by atoms with E-state index in [0.29, 0.717) is 0 Å². The number of ketones is 1. The number of nitrogens with two attached hydrogens (primary N) is 1. The lowest BCUT2D eigenvalue weighted by atomic mass is 9.65. The summed E-state index contributed by atoms with van der Waals surface area (Å²) in [6, 6.07) is 10.4. The predicted octanol–water partition coefficient (Wildman–Crippen LogP) is 1.02. The number of carbonyl (C=O) groups is 1.